The summed E-state index contributed by atoms with van der Waals surface area (Å²) >= 11 is 5.65. The van der Waals surface area contributed by atoms with Gasteiger partial charge in [-0.15, -0.1) is 24.0 Å². The Hall–Kier alpha value is 0.510. The summed E-state index contributed by atoms with van der Waals surface area (Å²) in [7, 11) is 1.61. The molecule has 1 aromatic heterocycles. The first kappa shape index (κ1) is 15.6. The Morgan fingerprint density at radius 3 is 2.47 bits per heavy atom. The Morgan fingerprint density at radius 2 is 1.94 bits per heavy atom. The zero-order valence-corrected chi connectivity index (χ0v) is 14.2. The van der Waals surface area contributed by atoms with Crippen LogP contribution in [0, 0.1) is 0 Å². The summed E-state index contributed by atoms with van der Waals surface area (Å²) in [6, 6.07) is 9.05. The topological polar surface area (TPSA) is 34.1 Å². The molecule has 0 unspecified atom stereocenters. The normalized spacial score (nSPS) is 10.9. The van der Waals surface area contributed by atoms with Crippen molar-refractivity contribution in [1.82, 2.24) is 0 Å². The van der Waals surface area contributed by atoms with Crippen molar-refractivity contribution in [1.29, 1.82) is 0 Å². The number of thiol groups is 1. The molecule has 17 heavy (non-hydrogen) atoms. The van der Waals surface area contributed by atoms with Gasteiger partial charge in [0.05, 0.1) is 4.90 Å². The zero-order chi connectivity index (χ0) is 11.8. The Bertz CT molecular complexity index is 628. The fourth-order valence-corrected chi connectivity index (χ4v) is 3.84. The second-order valence-corrected chi connectivity index (χ2v) is 7.06. The van der Waals surface area contributed by atoms with Gasteiger partial charge in [0.15, 0.2) is 0 Å². The third-order valence-corrected chi connectivity index (χ3v) is 4.86. The van der Waals surface area contributed by atoms with E-state index in [1.807, 2.05) is 24.3 Å². The molecule has 7 heteroatoms. The van der Waals surface area contributed by atoms with Crippen molar-refractivity contribution < 1.29 is 39.4 Å². The SMILES string of the molecule is O=S(=O)(Cl)c1csc(-c2ccccc2S)c1.[H-].[Na+]. The molecule has 0 spiro atoms. The molecule has 0 amide bonds. The van der Waals surface area contributed by atoms with Crippen molar-refractivity contribution in [2.24, 2.45) is 0 Å². The Morgan fingerprint density at radius 1 is 1.29 bits per heavy atom. The molecule has 0 aliphatic carbocycles. The summed E-state index contributed by atoms with van der Waals surface area (Å²) in [6.45, 7) is 0. The van der Waals surface area contributed by atoms with Crippen LogP contribution in [0.3, 0.4) is 0 Å². The number of halogens is 1. The number of rotatable bonds is 2. The molecule has 0 atom stereocenters. The van der Waals surface area contributed by atoms with E-state index in [1.54, 1.807) is 6.07 Å². The van der Waals surface area contributed by atoms with Gasteiger partial charge in [-0.25, -0.2) is 8.42 Å². The number of hydrogen-bond donors (Lipinski definition) is 1. The first-order valence-corrected chi connectivity index (χ1v) is 7.93. The summed E-state index contributed by atoms with van der Waals surface area (Å²) in [6.07, 6.45) is 0. The van der Waals surface area contributed by atoms with E-state index in [0.717, 1.165) is 15.3 Å². The van der Waals surface area contributed by atoms with Crippen LogP contribution in [0.2, 0.25) is 0 Å². The number of thiophene rings is 1. The number of benzene rings is 1. The molecule has 0 saturated heterocycles. The molecule has 0 N–H and O–H groups in total. The van der Waals surface area contributed by atoms with Crippen molar-refractivity contribution in [3.8, 4) is 10.4 Å². The van der Waals surface area contributed by atoms with Gasteiger partial charge >= 0.3 is 29.6 Å². The van der Waals surface area contributed by atoms with Gasteiger partial charge in [-0.1, -0.05) is 18.2 Å². The van der Waals surface area contributed by atoms with E-state index in [4.69, 9.17) is 10.7 Å². The molecule has 2 rings (SSSR count). The monoisotopic (exact) mass is 314 g/mol. The van der Waals surface area contributed by atoms with Crippen LogP contribution in [0.1, 0.15) is 1.43 Å². The molecule has 0 aliphatic heterocycles. The maximum Gasteiger partial charge on any atom is 1.00 e. The van der Waals surface area contributed by atoms with Gasteiger partial charge in [0, 0.05) is 31.4 Å². The fourth-order valence-electron chi connectivity index (χ4n) is 1.27. The maximum absolute atomic E-state index is 11.1. The Balaban J connectivity index is 0.00000144. The molecule has 0 saturated carbocycles. The van der Waals surface area contributed by atoms with Gasteiger partial charge in [0.1, 0.15) is 0 Å². The van der Waals surface area contributed by atoms with Crippen LogP contribution in [-0.2, 0) is 9.05 Å². The Labute approximate surface area is 138 Å². The molecule has 0 bridgehead atoms. The molecule has 2 nitrogen and oxygen atoms in total. The molecular formula is C10H8ClNaO2S3. The predicted molar refractivity (Wildman–Crippen MR) is 71.2 cm³/mol. The molecule has 0 fully saturated rings. The van der Waals surface area contributed by atoms with E-state index in [0.29, 0.717) is 0 Å². The average Bonchev–Trinajstić information content (AvgIpc) is 2.66. The second-order valence-electron chi connectivity index (χ2n) is 3.10. The van der Waals surface area contributed by atoms with Crippen molar-refractivity contribution in [3.05, 3.63) is 35.7 Å². The molecule has 86 valence electrons. The van der Waals surface area contributed by atoms with Crippen molar-refractivity contribution in [2.45, 2.75) is 9.79 Å². The van der Waals surface area contributed by atoms with E-state index in [-0.39, 0.29) is 35.9 Å². The standard InChI is InChI=1S/C10H7ClO2S3.Na.H/c11-16(12,13)7-5-10(15-6-7)8-3-1-2-4-9(8)14;;/h1-6,14H;;/q;+1;-1. The third-order valence-electron chi connectivity index (χ3n) is 2.03. The quantitative estimate of drug-likeness (QED) is 0.504. The van der Waals surface area contributed by atoms with E-state index in [1.165, 1.54) is 16.7 Å². The second kappa shape index (κ2) is 6.10. The zero-order valence-electron chi connectivity index (χ0n) is 9.92. The van der Waals surface area contributed by atoms with E-state index >= 15 is 0 Å². The van der Waals surface area contributed by atoms with Gasteiger partial charge in [0.2, 0.25) is 0 Å². The van der Waals surface area contributed by atoms with Crippen LogP contribution in [0.15, 0.2) is 45.5 Å². The Kier molecular flexibility index (Phi) is 5.59. The fraction of sp³-hybridized carbons (Fsp3) is 0. The van der Waals surface area contributed by atoms with Crippen LogP contribution in [0.5, 0.6) is 0 Å². The minimum absolute atomic E-state index is 0. The van der Waals surface area contributed by atoms with Crippen LogP contribution in [-0.4, -0.2) is 8.42 Å². The summed E-state index contributed by atoms with van der Waals surface area (Å²) in [5, 5.41) is 1.53. The molecule has 0 aliphatic rings. The van der Waals surface area contributed by atoms with Crippen LogP contribution < -0.4 is 29.6 Å². The molecular weight excluding hydrogens is 307 g/mol. The smallest absolute Gasteiger partial charge is 1.00 e. The van der Waals surface area contributed by atoms with Crippen molar-refractivity contribution >= 4 is 43.7 Å². The van der Waals surface area contributed by atoms with E-state index in [9.17, 15) is 8.42 Å². The molecule has 0 radical (unpaired) electrons. The first-order valence-electron chi connectivity index (χ1n) is 4.30. The van der Waals surface area contributed by atoms with E-state index in [2.05, 4.69) is 12.6 Å². The minimum atomic E-state index is -3.65. The van der Waals surface area contributed by atoms with Gasteiger partial charge in [-0.3, -0.25) is 0 Å². The summed E-state index contributed by atoms with van der Waals surface area (Å²) in [5.74, 6) is 0. The molecule has 2 aromatic rings. The molecule has 1 aromatic carbocycles. The summed E-state index contributed by atoms with van der Waals surface area (Å²) in [5.41, 5.74) is 0.905. The van der Waals surface area contributed by atoms with Gasteiger partial charge in [-0.05, 0) is 12.1 Å². The maximum atomic E-state index is 11.1. The minimum Gasteiger partial charge on any atom is -1.00 e. The first-order chi connectivity index (χ1) is 7.48. The van der Waals surface area contributed by atoms with Gasteiger partial charge in [0.25, 0.3) is 9.05 Å². The third kappa shape index (κ3) is 3.73. The van der Waals surface area contributed by atoms with Crippen LogP contribution >= 0.6 is 34.6 Å². The van der Waals surface area contributed by atoms with Crippen LogP contribution in [0.25, 0.3) is 10.4 Å². The van der Waals surface area contributed by atoms with Crippen LogP contribution in [0.4, 0.5) is 0 Å². The predicted octanol–water partition coefficient (Wildman–Crippen LogP) is 0.748. The van der Waals surface area contributed by atoms with E-state index < -0.39 is 9.05 Å². The molecule has 1 heterocycles. The summed E-state index contributed by atoms with van der Waals surface area (Å²) in [4.78, 5) is 1.78. The summed E-state index contributed by atoms with van der Waals surface area (Å²) < 4.78 is 22.2. The largest absolute Gasteiger partial charge is 1.00 e. The van der Waals surface area contributed by atoms with Gasteiger partial charge < -0.3 is 1.43 Å². The average molecular weight is 315 g/mol. The van der Waals surface area contributed by atoms with Crippen molar-refractivity contribution in [3.63, 3.8) is 0 Å². The number of hydrogen-bond acceptors (Lipinski definition) is 4. The van der Waals surface area contributed by atoms with Crippen molar-refractivity contribution in [2.75, 3.05) is 0 Å². The van der Waals surface area contributed by atoms with Gasteiger partial charge in [-0.2, -0.15) is 0 Å².